The highest BCUT2D eigenvalue weighted by Crippen LogP contribution is 2.00. The Hall–Kier alpha value is -1.47. The van der Waals surface area contributed by atoms with Crippen molar-refractivity contribution in [2.75, 3.05) is 19.6 Å². The Labute approximate surface area is 85.7 Å². The molecule has 0 aliphatic carbocycles. The molecule has 0 saturated carbocycles. The van der Waals surface area contributed by atoms with Crippen molar-refractivity contribution in [1.29, 1.82) is 0 Å². The van der Waals surface area contributed by atoms with Gasteiger partial charge in [0.05, 0.1) is 25.6 Å². The fourth-order valence-corrected chi connectivity index (χ4v) is 1.39. The minimum atomic E-state index is -1.12. The first-order valence-electron chi connectivity index (χ1n) is 4.42. The summed E-state index contributed by atoms with van der Waals surface area (Å²) in [5.41, 5.74) is 0. The second-order valence-electron chi connectivity index (χ2n) is 3.39. The van der Waals surface area contributed by atoms with Crippen molar-refractivity contribution < 1.29 is 24.6 Å². The monoisotopic (exact) mass is 216 g/mol. The number of piperazine rings is 1. The number of aliphatic hydroxyl groups excluding tert-OH is 1. The molecule has 0 radical (unpaired) electrons. The van der Waals surface area contributed by atoms with Crippen molar-refractivity contribution in [3.05, 3.63) is 0 Å². The van der Waals surface area contributed by atoms with Crippen molar-refractivity contribution >= 4 is 17.8 Å². The average Bonchev–Trinajstić information content (AvgIpc) is 1.98. The fraction of sp³-hybridized carbons (Fsp3) is 0.625. The molecule has 0 aromatic rings. The molecule has 0 aromatic heterocycles. The Balaban J connectivity index is 2.40. The highest BCUT2D eigenvalue weighted by atomic mass is 16.4. The third kappa shape index (κ3) is 4.05. The molecule has 0 bridgehead atoms. The van der Waals surface area contributed by atoms with Crippen LogP contribution in [0.25, 0.3) is 0 Å². The molecule has 1 unspecified atom stereocenters. The Morgan fingerprint density at radius 3 is 2.40 bits per heavy atom. The number of nitrogens with one attached hydrogen (secondary N) is 1. The molecule has 1 aliphatic heterocycles. The van der Waals surface area contributed by atoms with Gasteiger partial charge in [0.2, 0.25) is 11.8 Å². The highest BCUT2D eigenvalue weighted by Gasteiger charge is 2.24. The largest absolute Gasteiger partial charge is 0.481 e. The van der Waals surface area contributed by atoms with Gasteiger partial charge >= 0.3 is 5.97 Å². The number of carboxylic acid groups (broad SMARTS) is 1. The quantitative estimate of drug-likeness (QED) is 0.459. The van der Waals surface area contributed by atoms with Crippen LogP contribution in [0, 0.1) is 0 Å². The minimum absolute atomic E-state index is 0.00240. The first-order valence-corrected chi connectivity index (χ1v) is 4.42. The van der Waals surface area contributed by atoms with Gasteiger partial charge < -0.3 is 10.2 Å². The van der Waals surface area contributed by atoms with E-state index in [4.69, 9.17) is 5.11 Å². The zero-order valence-corrected chi connectivity index (χ0v) is 7.97. The van der Waals surface area contributed by atoms with Crippen molar-refractivity contribution in [2.24, 2.45) is 0 Å². The lowest BCUT2D eigenvalue weighted by molar-refractivity contribution is -0.139. The second-order valence-corrected chi connectivity index (χ2v) is 3.39. The SMILES string of the molecule is O=C(O)CC(O)CN1CC(=O)NC(=O)C1. The van der Waals surface area contributed by atoms with Gasteiger partial charge in [0.1, 0.15) is 0 Å². The smallest absolute Gasteiger partial charge is 0.306 e. The molecule has 0 spiro atoms. The van der Waals surface area contributed by atoms with Crippen LogP contribution in [0.2, 0.25) is 0 Å². The van der Waals surface area contributed by atoms with Crippen LogP contribution < -0.4 is 5.32 Å². The van der Waals surface area contributed by atoms with Gasteiger partial charge in [0, 0.05) is 6.54 Å². The topological polar surface area (TPSA) is 107 Å². The Morgan fingerprint density at radius 2 is 1.93 bits per heavy atom. The summed E-state index contributed by atoms with van der Waals surface area (Å²) >= 11 is 0. The summed E-state index contributed by atoms with van der Waals surface area (Å²) in [5, 5.41) is 19.8. The van der Waals surface area contributed by atoms with Gasteiger partial charge in [0.15, 0.2) is 0 Å². The summed E-state index contributed by atoms with van der Waals surface area (Å²) in [6.45, 7) is 0.0102. The van der Waals surface area contributed by atoms with E-state index in [0.29, 0.717) is 0 Å². The molecule has 1 heterocycles. The van der Waals surface area contributed by atoms with Gasteiger partial charge in [-0.15, -0.1) is 0 Å². The van der Waals surface area contributed by atoms with Gasteiger partial charge in [-0.05, 0) is 0 Å². The molecule has 15 heavy (non-hydrogen) atoms. The van der Waals surface area contributed by atoms with Crippen LogP contribution in [0.3, 0.4) is 0 Å². The van der Waals surface area contributed by atoms with Gasteiger partial charge in [-0.3, -0.25) is 24.6 Å². The molecule has 1 aliphatic rings. The van der Waals surface area contributed by atoms with E-state index < -0.39 is 30.3 Å². The number of carbonyl (C=O) groups is 3. The minimum Gasteiger partial charge on any atom is -0.481 e. The van der Waals surface area contributed by atoms with E-state index in [9.17, 15) is 19.5 Å². The van der Waals surface area contributed by atoms with E-state index in [-0.39, 0.29) is 19.6 Å². The molecule has 7 heteroatoms. The van der Waals surface area contributed by atoms with Crippen molar-refractivity contribution in [1.82, 2.24) is 10.2 Å². The predicted molar refractivity (Wildman–Crippen MR) is 47.8 cm³/mol. The lowest BCUT2D eigenvalue weighted by Gasteiger charge is -2.26. The number of hydrogen-bond acceptors (Lipinski definition) is 5. The number of carboxylic acids is 1. The first-order chi connectivity index (χ1) is 6.97. The third-order valence-corrected chi connectivity index (χ3v) is 1.89. The molecule has 7 nitrogen and oxygen atoms in total. The van der Waals surface area contributed by atoms with Crippen LogP contribution in [0.15, 0.2) is 0 Å². The van der Waals surface area contributed by atoms with E-state index in [2.05, 4.69) is 5.32 Å². The number of carbonyl (C=O) groups excluding carboxylic acids is 2. The van der Waals surface area contributed by atoms with Crippen LogP contribution in [-0.4, -0.2) is 58.6 Å². The number of hydrogen-bond donors (Lipinski definition) is 3. The van der Waals surface area contributed by atoms with Gasteiger partial charge in [-0.25, -0.2) is 0 Å². The maximum Gasteiger partial charge on any atom is 0.306 e. The van der Waals surface area contributed by atoms with E-state index in [1.807, 2.05) is 0 Å². The molecule has 3 N–H and O–H groups in total. The van der Waals surface area contributed by atoms with Gasteiger partial charge in [-0.2, -0.15) is 0 Å². The molecule has 1 rings (SSSR count). The molecule has 1 atom stereocenters. The Morgan fingerprint density at radius 1 is 1.40 bits per heavy atom. The molecule has 1 saturated heterocycles. The molecule has 2 amide bonds. The summed E-state index contributed by atoms with van der Waals surface area (Å²) in [5.74, 6) is -1.99. The number of imide groups is 1. The molecule has 84 valence electrons. The maximum atomic E-state index is 10.9. The van der Waals surface area contributed by atoms with E-state index in [0.717, 1.165) is 0 Å². The molecular formula is C8H12N2O5. The number of amides is 2. The van der Waals surface area contributed by atoms with Gasteiger partial charge in [0.25, 0.3) is 0 Å². The van der Waals surface area contributed by atoms with E-state index in [1.54, 1.807) is 0 Å². The van der Waals surface area contributed by atoms with Crippen molar-refractivity contribution in [3.63, 3.8) is 0 Å². The van der Waals surface area contributed by atoms with Crippen LogP contribution in [-0.2, 0) is 14.4 Å². The number of β-amino-alcohol motifs (C(OH)–C–C–N with tert-alkyl or cyclic N) is 1. The van der Waals surface area contributed by atoms with Crippen LogP contribution in [0.4, 0.5) is 0 Å². The molecule has 0 aromatic carbocycles. The fourth-order valence-electron chi connectivity index (χ4n) is 1.39. The lowest BCUT2D eigenvalue weighted by Crippen LogP contribution is -2.53. The summed E-state index contributed by atoms with van der Waals surface area (Å²) < 4.78 is 0. The van der Waals surface area contributed by atoms with Crippen molar-refractivity contribution in [2.45, 2.75) is 12.5 Å². The zero-order chi connectivity index (χ0) is 11.4. The van der Waals surface area contributed by atoms with Crippen molar-refractivity contribution in [3.8, 4) is 0 Å². The third-order valence-electron chi connectivity index (χ3n) is 1.89. The number of aliphatic carboxylic acids is 1. The van der Waals surface area contributed by atoms with Gasteiger partial charge in [-0.1, -0.05) is 0 Å². The maximum absolute atomic E-state index is 10.9. The molecular weight excluding hydrogens is 204 g/mol. The van der Waals surface area contributed by atoms with Crippen LogP contribution in [0.1, 0.15) is 6.42 Å². The predicted octanol–water partition coefficient (Wildman–Crippen LogP) is -2.22. The normalized spacial score (nSPS) is 19.8. The zero-order valence-electron chi connectivity index (χ0n) is 7.97. The number of rotatable bonds is 4. The average molecular weight is 216 g/mol. The highest BCUT2D eigenvalue weighted by molar-refractivity contribution is 5.99. The Kier molecular flexibility index (Phi) is 3.75. The summed E-state index contributed by atoms with van der Waals surface area (Å²) in [4.78, 5) is 33.5. The van der Waals surface area contributed by atoms with Crippen LogP contribution >= 0.6 is 0 Å². The second kappa shape index (κ2) is 4.85. The standard InChI is InChI=1S/C8H12N2O5/c11-5(1-8(14)15)2-10-3-6(12)9-7(13)4-10/h5,11H,1-4H2,(H,14,15)(H,9,12,13). The lowest BCUT2D eigenvalue weighted by atomic mass is 10.2. The first kappa shape index (κ1) is 11.6. The van der Waals surface area contributed by atoms with E-state index >= 15 is 0 Å². The Bertz CT molecular complexity index is 275. The number of aliphatic hydroxyl groups is 1. The summed E-state index contributed by atoms with van der Waals surface area (Å²) in [7, 11) is 0. The summed E-state index contributed by atoms with van der Waals surface area (Å²) in [6, 6.07) is 0. The molecule has 1 fully saturated rings. The summed E-state index contributed by atoms with van der Waals surface area (Å²) in [6.07, 6.45) is -1.46. The van der Waals surface area contributed by atoms with E-state index in [1.165, 1.54) is 4.90 Å². The number of nitrogens with zero attached hydrogens (tertiary/aromatic N) is 1. The van der Waals surface area contributed by atoms with Crippen LogP contribution in [0.5, 0.6) is 0 Å².